The lowest BCUT2D eigenvalue weighted by Crippen LogP contribution is -2.37. The van der Waals surface area contributed by atoms with Crippen LogP contribution < -0.4 is 11.2 Å². The molecule has 0 radical (unpaired) electrons. The molecule has 1 aromatic heterocycles. The third-order valence-electron chi connectivity index (χ3n) is 2.21. The van der Waals surface area contributed by atoms with E-state index in [1.807, 2.05) is 0 Å². The van der Waals surface area contributed by atoms with Gasteiger partial charge in [-0.2, -0.15) is 4.39 Å². The Labute approximate surface area is 116 Å². The van der Waals surface area contributed by atoms with E-state index < -0.39 is 39.5 Å². The Hall–Kier alpha value is -1.54. The van der Waals surface area contributed by atoms with Crippen molar-refractivity contribution in [2.75, 3.05) is 0 Å². The van der Waals surface area contributed by atoms with Crippen LogP contribution in [0.1, 0.15) is 0 Å². The van der Waals surface area contributed by atoms with Crippen LogP contribution in [0.15, 0.2) is 26.2 Å². The van der Waals surface area contributed by atoms with Crippen LogP contribution in [0, 0.1) is 17.5 Å². The summed E-state index contributed by atoms with van der Waals surface area (Å²) in [7, 11) is 0. The van der Waals surface area contributed by atoms with E-state index in [0.29, 0.717) is 0 Å². The summed E-state index contributed by atoms with van der Waals surface area (Å²) in [6, 6.07) is 1.66. The maximum atomic E-state index is 13.7. The van der Waals surface area contributed by atoms with Crippen LogP contribution >= 0.6 is 27.5 Å². The fourth-order valence-corrected chi connectivity index (χ4v) is 2.00. The summed E-state index contributed by atoms with van der Waals surface area (Å²) in [5.41, 5.74) is -3.78. The Bertz CT molecular complexity index is 764. The number of benzene rings is 1. The van der Waals surface area contributed by atoms with Crippen molar-refractivity contribution in [1.29, 1.82) is 0 Å². The predicted octanol–water partition coefficient (Wildman–Crippen LogP) is 2.36. The fraction of sp³-hybridized carbons (Fsp3) is 0. The van der Waals surface area contributed by atoms with Crippen LogP contribution in [0.25, 0.3) is 5.69 Å². The molecule has 2 aromatic rings. The first kappa shape index (κ1) is 13.9. The molecule has 4 nitrogen and oxygen atoms in total. The third kappa shape index (κ3) is 2.33. The van der Waals surface area contributed by atoms with Gasteiger partial charge < -0.3 is 0 Å². The molecule has 1 N–H and O–H groups in total. The van der Waals surface area contributed by atoms with E-state index in [9.17, 15) is 22.8 Å². The number of nitrogens with one attached hydrogen (secondary N) is 1. The quantitative estimate of drug-likeness (QED) is 0.799. The smallest absolute Gasteiger partial charge is 0.295 e. The van der Waals surface area contributed by atoms with E-state index in [-0.39, 0.29) is 9.04 Å². The monoisotopic (exact) mass is 354 g/mol. The molecule has 0 fully saturated rings. The molecular weight excluding hydrogens is 352 g/mol. The van der Waals surface area contributed by atoms with Crippen LogP contribution in [-0.4, -0.2) is 9.55 Å². The van der Waals surface area contributed by atoms with Gasteiger partial charge in [-0.3, -0.25) is 9.78 Å². The van der Waals surface area contributed by atoms with Gasteiger partial charge in [0.15, 0.2) is 16.8 Å². The zero-order chi connectivity index (χ0) is 14.3. The first-order valence-corrected chi connectivity index (χ1v) is 5.85. The summed E-state index contributed by atoms with van der Waals surface area (Å²) in [6.07, 6.45) is 0. The molecule has 0 atom stereocenters. The molecule has 1 heterocycles. The molecule has 2 rings (SSSR count). The van der Waals surface area contributed by atoms with Crippen molar-refractivity contribution in [3.8, 4) is 5.69 Å². The minimum atomic E-state index is -1.55. The second-order valence-corrected chi connectivity index (χ2v) is 4.71. The Morgan fingerprint density at radius 3 is 2.21 bits per heavy atom. The molecule has 0 saturated heterocycles. The molecule has 0 spiro atoms. The molecule has 100 valence electrons. The average Bonchev–Trinajstić information content (AvgIpc) is 2.29. The number of aromatic nitrogens is 2. The van der Waals surface area contributed by atoms with Crippen LogP contribution in [-0.2, 0) is 0 Å². The van der Waals surface area contributed by atoms with Crippen molar-refractivity contribution in [1.82, 2.24) is 9.55 Å². The first-order valence-electron chi connectivity index (χ1n) is 4.68. The van der Waals surface area contributed by atoms with Crippen molar-refractivity contribution in [3.05, 3.63) is 60.0 Å². The number of hydrogen-bond donors (Lipinski definition) is 1. The number of halogens is 5. The van der Waals surface area contributed by atoms with Crippen molar-refractivity contribution < 1.29 is 13.2 Å². The maximum Gasteiger partial charge on any atom is 0.334 e. The molecule has 0 aliphatic heterocycles. The fourth-order valence-electron chi connectivity index (χ4n) is 1.44. The van der Waals surface area contributed by atoms with E-state index >= 15 is 0 Å². The van der Waals surface area contributed by atoms with E-state index in [1.54, 1.807) is 4.98 Å². The number of H-pyrrole nitrogens is 1. The lowest BCUT2D eigenvalue weighted by atomic mass is 10.3. The van der Waals surface area contributed by atoms with Gasteiger partial charge in [0.1, 0.15) is 5.69 Å². The van der Waals surface area contributed by atoms with Crippen molar-refractivity contribution in [3.63, 3.8) is 0 Å². The zero-order valence-corrected chi connectivity index (χ0v) is 11.2. The number of aromatic amines is 1. The Balaban J connectivity index is 2.93. The van der Waals surface area contributed by atoms with Gasteiger partial charge in [0.05, 0.1) is 0 Å². The van der Waals surface area contributed by atoms with Gasteiger partial charge in [0, 0.05) is 4.47 Å². The molecule has 0 bridgehead atoms. The summed E-state index contributed by atoms with van der Waals surface area (Å²) in [5, 5.41) is -0.829. The van der Waals surface area contributed by atoms with Crippen molar-refractivity contribution in [2.45, 2.75) is 0 Å². The normalized spacial score (nSPS) is 10.8. The molecular formula is C10H3BrClF3N2O2. The Morgan fingerprint density at radius 2 is 1.68 bits per heavy atom. The largest absolute Gasteiger partial charge is 0.334 e. The van der Waals surface area contributed by atoms with Gasteiger partial charge in [0.25, 0.3) is 5.56 Å². The highest BCUT2D eigenvalue weighted by Crippen LogP contribution is 2.21. The molecule has 0 aliphatic carbocycles. The average molecular weight is 355 g/mol. The van der Waals surface area contributed by atoms with Gasteiger partial charge in [-0.1, -0.05) is 27.5 Å². The van der Waals surface area contributed by atoms with Gasteiger partial charge in [-0.15, -0.1) is 0 Å². The van der Waals surface area contributed by atoms with Crippen LogP contribution in [0.4, 0.5) is 13.2 Å². The van der Waals surface area contributed by atoms with E-state index in [1.165, 1.54) is 0 Å². The molecule has 0 unspecified atom stereocenters. The topological polar surface area (TPSA) is 54.9 Å². The molecule has 0 aliphatic rings. The maximum absolute atomic E-state index is 13.7. The van der Waals surface area contributed by atoms with E-state index in [0.717, 1.165) is 12.1 Å². The van der Waals surface area contributed by atoms with E-state index in [2.05, 4.69) is 15.9 Å². The van der Waals surface area contributed by atoms with Crippen LogP contribution in [0.3, 0.4) is 0 Å². The summed E-state index contributed by atoms with van der Waals surface area (Å²) >= 11 is 8.08. The van der Waals surface area contributed by atoms with Crippen molar-refractivity contribution in [2.24, 2.45) is 0 Å². The van der Waals surface area contributed by atoms with Crippen LogP contribution in [0.2, 0.25) is 5.15 Å². The minimum Gasteiger partial charge on any atom is -0.295 e. The molecule has 0 amide bonds. The third-order valence-corrected chi connectivity index (χ3v) is 2.93. The standard InChI is InChI=1S/C10H3BrClF3N2O2/c11-3-1-4(13)7(5(14)2-3)17-9(18)6(15)8(12)16-10(17)19/h1-2H,(H,16,19). The lowest BCUT2D eigenvalue weighted by molar-refractivity contribution is 0.543. The molecule has 0 saturated carbocycles. The number of nitrogens with zero attached hydrogens (tertiary/aromatic N) is 1. The highest BCUT2D eigenvalue weighted by Gasteiger charge is 2.20. The van der Waals surface area contributed by atoms with E-state index in [4.69, 9.17) is 11.6 Å². The van der Waals surface area contributed by atoms with Gasteiger partial charge >= 0.3 is 5.69 Å². The second-order valence-electron chi connectivity index (χ2n) is 3.42. The first-order chi connectivity index (χ1) is 8.82. The van der Waals surface area contributed by atoms with Gasteiger partial charge in [-0.05, 0) is 12.1 Å². The molecule has 1 aromatic carbocycles. The van der Waals surface area contributed by atoms with Crippen LogP contribution in [0.5, 0.6) is 0 Å². The summed E-state index contributed by atoms with van der Waals surface area (Å²) < 4.78 is 40.7. The lowest BCUT2D eigenvalue weighted by Gasteiger charge is -2.08. The summed E-state index contributed by atoms with van der Waals surface area (Å²) in [5.74, 6) is -3.93. The summed E-state index contributed by atoms with van der Waals surface area (Å²) in [6.45, 7) is 0. The number of rotatable bonds is 1. The second kappa shape index (κ2) is 4.86. The molecule has 19 heavy (non-hydrogen) atoms. The van der Waals surface area contributed by atoms with Gasteiger partial charge in [0.2, 0.25) is 5.82 Å². The van der Waals surface area contributed by atoms with Crippen molar-refractivity contribution >= 4 is 27.5 Å². The Morgan fingerprint density at radius 1 is 1.16 bits per heavy atom. The molecule has 9 heteroatoms. The predicted molar refractivity (Wildman–Crippen MR) is 65.2 cm³/mol. The highest BCUT2D eigenvalue weighted by atomic mass is 79.9. The zero-order valence-electron chi connectivity index (χ0n) is 8.81. The Kier molecular flexibility index (Phi) is 3.55. The van der Waals surface area contributed by atoms with Gasteiger partial charge in [-0.25, -0.2) is 18.1 Å². The SMILES string of the molecule is O=c1[nH]c(Cl)c(F)c(=O)n1-c1c(F)cc(Br)cc1F. The minimum absolute atomic E-state index is 0.00167. The number of hydrogen-bond acceptors (Lipinski definition) is 2. The summed E-state index contributed by atoms with van der Waals surface area (Å²) in [4.78, 5) is 24.8. The highest BCUT2D eigenvalue weighted by molar-refractivity contribution is 9.10.